The highest BCUT2D eigenvalue weighted by Gasteiger charge is 2.05. The maximum absolute atomic E-state index is 3.62. The molecule has 2 heteroatoms. The topological polar surface area (TPSA) is 15.3 Å². The van der Waals surface area contributed by atoms with E-state index >= 15 is 0 Å². The molecule has 0 spiro atoms. The van der Waals surface area contributed by atoms with Crippen molar-refractivity contribution in [1.29, 1.82) is 0 Å². The van der Waals surface area contributed by atoms with Crippen LogP contribution in [0, 0.1) is 0 Å². The quantitative estimate of drug-likeness (QED) is 0.437. The second kappa shape index (κ2) is 9.47. The number of nitrogens with zero attached hydrogens (tertiary/aromatic N) is 1. The van der Waals surface area contributed by atoms with Gasteiger partial charge in [0, 0.05) is 18.8 Å². The Kier molecular flexibility index (Phi) is 7.24. The monoisotopic (exact) mass is 298 g/mol. The van der Waals surface area contributed by atoms with Gasteiger partial charge < -0.3 is 5.43 Å². The highest BCUT2D eigenvalue weighted by molar-refractivity contribution is 5.85. The van der Waals surface area contributed by atoms with Crippen LogP contribution in [-0.4, -0.2) is 18.1 Å². The number of unbranched alkanes of at least 4 members (excludes halogenated alkanes) is 4. The largest absolute Gasteiger partial charge is 0.319 e. The van der Waals surface area contributed by atoms with Crippen LogP contribution in [0.5, 0.6) is 0 Å². The molecule has 2 aromatic rings. The lowest BCUT2D eigenvalue weighted by molar-refractivity contribution is 0.313. The molecule has 0 atom stereocenters. The Morgan fingerprint density at radius 1 is 0.773 bits per heavy atom. The van der Waals surface area contributed by atoms with E-state index in [1.54, 1.807) is 0 Å². The first-order valence-corrected chi connectivity index (χ1v) is 8.84. The molecule has 0 aromatic heterocycles. The van der Waals surface area contributed by atoms with Crippen molar-refractivity contribution in [3.63, 3.8) is 0 Å². The minimum absolute atomic E-state index is 1.13. The standard InChI is InChI=1S/C20H30N2/c1-3-5-9-15-22(16-10-6-4-2)21-20-14-13-18-11-7-8-12-19(18)17-20/h7-8,11-14,17,21H,3-6,9-10,15-16H2,1-2H3. The summed E-state index contributed by atoms with van der Waals surface area (Å²) in [5, 5.41) is 5.00. The molecule has 0 aliphatic heterocycles. The Hall–Kier alpha value is -1.54. The number of anilines is 1. The molecule has 0 aliphatic rings. The molecular formula is C20H30N2. The number of nitrogens with one attached hydrogen (secondary N) is 1. The third-order valence-electron chi connectivity index (χ3n) is 4.10. The first-order valence-electron chi connectivity index (χ1n) is 8.84. The normalized spacial score (nSPS) is 11.2. The smallest absolute Gasteiger partial charge is 0.0496 e. The van der Waals surface area contributed by atoms with Crippen molar-refractivity contribution in [2.45, 2.75) is 52.4 Å². The number of hydrogen-bond donors (Lipinski definition) is 1. The second-order valence-corrected chi connectivity index (χ2v) is 6.07. The molecule has 2 aromatic carbocycles. The van der Waals surface area contributed by atoms with Crippen LogP contribution in [0.3, 0.4) is 0 Å². The fourth-order valence-corrected chi connectivity index (χ4v) is 2.77. The summed E-state index contributed by atoms with van der Waals surface area (Å²) < 4.78 is 0. The summed E-state index contributed by atoms with van der Waals surface area (Å²) in [5.41, 5.74) is 4.82. The lowest BCUT2D eigenvalue weighted by Gasteiger charge is -2.24. The Balaban J connectivity index is 1.99. The molecule has 0 amide bonds. The van der Waals surface area contributed by atoms with Gasteiger partial charge >= 0.3 is 0 Å². The van der Waals surface area contributed by atoms with Crippen LogP contribution in [-0.2, 0) is 0 Å². The van der Waals surface area contributed by atoms with Crippen LogP contribution in [0.4, 0.5) is 5.69 Å². The third kappa shape index (κ3) is 5.34. The van der Waals surface area contributed by atoms with Crippen molar-refractivity contribution in [3.8, 4) is 0 Å². The average Bonchev–Trinajstić information content (AvgIpc) is 2.55. The maximum atomic E-state index is 3.62. The van der Waals surface area contributed by atoms with E-state index in [2.05, 4.69) is 66.7 Å². The van der Waals surface area contributed by atoms with E-state index in [0.717, 1.165) is 13.1 Å². The van der Waals surface area contributed by atoms with Gasteiger partial charge in [-0.25, -0.2) is 5.01 Å². The minimum atomic E-state index is 1.13. The molecule has 22 heavy (non-hydrogen) atoms. The highest BCUT2D eigenvalue weighted by Crippen LogP contribution is 2.19. The van der Waals surface area contributed by atoms with E-state index in [9.17, 15) is 0 Å². The summed E-state index contributed by atoms with van der Waals surface area (Å²) in [6.45, 7) is 6.78. The number of hydrazine groups is 1. The van der Waals surface area contributed by atoms with E-state index in [-0.39, 0.29) is 0 Å². The molecule has 120 valence electrons. The molecule has 0 saturated carbocycles. The van der Waals surface area contributed by atoms with Gasteiger partial charge in [0.05, 0.1) is 0 Å². The molecule has 0 aliphatic carbocycles. The molecule has 2 nitrogen and oxygen atoms in total. The summed E-state index contributed by atoms with van der Waals surface area (Å²) in [5.74, 6) is 0. The van der Waals surface area contributed by atoms with Crippen LogP contribution in [0.15, 0.2) is 42.5 Å². The molecule has 0 heterocycles. The van der Waals surface area contributed by atoms with Crippen molar-refractivity contribution < 1.29 is 0 Å². The number of rotatable bonds is 10. The van der Waals surface area contributed by atoms with Gasteiger partial charge in [-0.2, -0.15) is 0 Å². The summed E-state index contributed by atoms with van der Waals surface area (Å²) >= 11 is 0. The van der Waals surface area contributed by atoms with E-state index in [0.29, 0.717) is 0 Å². The molecule has 0 radical (unpaired) electrons. The lowest BCUT2D eigenvalue weighted by Crippen LogP contribution is -2.32. The Labute approximate surface area is 135 Å². The van der Waals surface area contributed by atoms with Gasteiger partial charge in [0.25, 0.3) is 0 Å². The van der Waals surface area contributed by atoms with Crippen LogP contribution in [0.25, 0.3) is 10.8 Å². The first kappa shape index (κ1) is 16.8. The average molecular weight is 298 g/mol. The number of benzene rings is 2. The Morgan fingerprint density at radius 3 is 2.05 bits per heavy atom. The zero-order valence-electron chi connectivity index (χ0n) is 14.1. The van der Waals surface area contributed by atoms with Gasteiger partial charge in [0.15, 0.2) is 0 Å². The molecule has 0 unspecified atom stereocenters. The van der Waals surface area contributed by atoms with E-state index in [4.69, 9.17) is 0 Å². The van der Waals surface area contributed by atoms with Gasteiger partial charge in [0.1, 0.15) is 0 Å². The van der Waals surface area contributed by atoms with Gasteiger partial charge in [0.2, 0.25) is 0 Å². The molecular weight excluding hydrogens is 268 g/mol. The second-order valence-electron chi connectivity index (χ2n) is 6.07. The van der Waals surface area contributed by atoms with Gasteiger partial charge in [-0.15, -0.1) is 0 Å². The SMILES string of the molecule is CCCCCN(CCCCC)Nc1ccc2ccccc2c1. The molecule has 1 N–H and O–H groups in total. The highest BCUT2D eigenvalue weighted by atomic mass is 15.5. The fraction of sp³-hybridized carbons (Fsp3) is 0.500. The molecule has 2 rings (SSSR count). The van der Waals surface area contributed by atoms with Crippen molar-refractivity contribution >= 4 is 16.5 Å². The minimum Gasteiger partial charge on any atom is -0.319 e. The summed E-state index contributed by atoms with van der Waals surface area (Å²) in [6, 6.07) is 15.2. The summed E-state index contributed by atoms with van der Waals surface area (Å²) in [6.07, 6.45) is 7.71. The zero-order chi connectivity index (χ0) is 15.6. The van der Waals surface area contributed by atoms with Crippen molar-refractivity contribution in [3.05, 3.63) is 42.5 Å². The van der Waals surface area contributed by atoms with Crippen molar-refractivity contribution in [2.24, 2.45) is 0 Å². The fourth-order valence-electron chi connectivity index (χ4n) is 2.77. The zero-order valence-corrected chi connectivity index (χ0v) is 14.1. The van der Waals surface area contributed by atoms with Gasteiger partial charge in [-0.3, -0.25) is 0 Å². The van der Waals surface area contributed by atoms with E-state index < -0.39 is 0 Å². The number of hydrogen-bond acceptors (Lipinski definition) is 2. The molecule has 0 saturated heterocycles. The number of fused-ring (bicyclic) bond motifs is 1. The van der Waals surface area contributed by atoms with E-state index in [1.165, 1.54) is 55.0 Å². The van der Waals surface area contributed by atoms with Crippen LogP contribution < -0.4 is 5.43 Å². The van der Waals surface area contributed by atoms with Gasteiger partial charge in [-0.05, 0) is 35.7 Å². The predicted molar refractivity (Wildman–Crippen MR) is 98.2 cm³/mol. The lowest BCUT2D eigenvalue weighted by atomic mass is 10.1. The van der Waals surface area contributed by atoms with Crippen molar-refractivity contribution in [2.75, 3.05) is 18.5 Å². The van der Waals surface area contributed by atoms with E-state index in [1.807, 2.05) is 0 Å². The Bertz CT molecular complexity index is 540. The Morgan fingerprint density at radius 2 is 1.41 bits per heavy atom. The summed E-state index contributed by atoms with van der Waals surface area (Å²) in [4.78, 5) is 0. The molecule has 0 fully saturated rings. The maximum Gasteiger partial charge on any atom is 0.0496 e. The van der Waals surface area contributed by atoms with Crippen molar-refractivity contribution in [1.82, 2.24) is 5.01 Å². The van der Waals surface area contributed by atoms with Gasteiger partial charge in [-0.1, -0.05) is 69.9 Å². The van der Waals surface area contributed by atoms with Crippen LogP contribution >= 0.6 is 0 Å². The third-order valence-corrected chi connectivity index (χ3v) is 4.10. The first-order chi connectivity index (χ1) is 10.8. The van der Waals surface area contributed by atoms with Crippen LogP contribution in [0.1, 0.15) is 52.4 Å². The van der Waals surface area contributed by atoms with Crippen LogP contribution in [0.2, 0.25) is 0 Å². The molecule has 0 bridgehead atoms. The predicted octanol–water partition coefficient (Wildman–Crippen LogP) is 5.85. The summed E-state index contributed by atoms with van der Waals surface area (Å²) in [7, 11) is 0.